The molecule has 0 amide bonds. The van der Waals surface area contributed by atoms with Crippen LogP contribution in [-0.4, -0.2) is 35.6 Å². The molecule has 3 heteroatoms. The third kappa shape index (κ3) is 4.93. The topological polar surface area (TPSA) is 49.7 Å². The molecular weight excluding hydrogens is 192 g/mol. The molecule has 1 aromatic carbocycles. The summed E-state index contributed by atoms with van der Waals surface area (Å²) in [6.07, 6.45) is -0.143. The molecule has 3 nitrogen and oxygen atoms in total. The summed E-state index contributed by atoms with van der Waals surface area (Å²) in [6, 6.07) is 9.77. The highest BCUT2D eigenvalue weighted by atomic mass is 16.5. The Morgan fingerprint density at radius 1 is 1.27 bits per heavy atom. The van der Waals surface area contributed by atoms with Crippen molar-refractivity contribution in [2.75, 3.05) is 13.2 Å². The summed E-state index contributed by atoms with van der Waals surface area (Å²) < 4.78 is 5.23. The monoisotopic (exact) mass is 210 g/mol. The average Bonchev–Trinajstić information content (AvgIpc) is 2.27. The second-order valence-electron chi connectivity index (χ2n) is 3.67. The first-order valence-corrected chi connectivity index (χ1v) is 5.17. The number of aliphatic hydroxyl groups excluding tert-OH is 2. The zero-order valence-electron chi connectivity index (χ0n) is 8.97. The fraction of sp³-hybridized carbons (Fsp3) is 0.500. The lowest BCUT2D eigenvalue weighted by Gasteiger charge is -2.14. The molecule has 0 aliphatic heterocycles. The van der Waals surface area contributed by atoms with Crippen LogP contribution in [0.15, 0.2) is 30.3 Å². The summed E-state index contributed by atoms with van der Waals surface area (Å²) in [6.45, 7) is 2.02. The van der Waals surface area contributed by atoms with Gasteiger partial charge in [-0.15, -0.1) is 0 Å². The second-order valence-corrected chi connectivity index (χ2v) is 3.67. The van der Waals surface area contributed by atoms with Gasteiger partial charge in [-0.05, 0) is 12.5 Å². The van der Waals surface area contributed by atoms with Crippen molar-refractivity contribution in [1.82, 2.24) is 0 Å². The number of aliphatic hydroxyl groups is 2. The van der Waals surface area contributed by atoms with Crippen molar-refractivity contribution < 1.29 is 14.9 Å². The Balaban J connectivity index is 2.27. The lowest BCUT2D eigenvalue weighted by molar-refractivity contribution is -0.0228. The summed E-state index contributed by atoms with van der Waals surface area (Å²) in [4.78, 5) is 0. The largest absolute Gasteiger partial charge is 0.394 e. The Morgan fingerprint density at radius 3 is 2.53 bits per heavy atom. The molecule has 0 aliphatic carbocycles. The first-order valence-electron chi connectivity index (χ1n) is 5.17. The van der Waals surface area contributed by atoms with Gasteiger partial charge in [-0.25, -0.2) is 0 Å². The van der Waals surface area contributed by atoms with E-state index in [0.717, 1.165) is 5.56 Å². The van der Waals surface area contributed by atoms with Crippen LogP contribution < -0.4 is 0 Å². The van der Waals surface area contributed by atoms with Crippen LogP contribution in [0.2, 0.25) is 0 Å². The maximum Gasteiger partial charge on any atom is 0.0814 e. The van der Waals surface area contributed by atoms with E-state index in [-0.39, 0.29) is 19.3 Å². The normalized spacial score (nSPS) is 14.9. The Morgan fingerprint density at radius 2 is 1.93 bits per heavy atom. The predicted octanol–water partition coefficient (Wildman–Crippen LogP) is 0.987. The zero-order chi connectivity index (χ0) is 11.1. The summed E-state index contributed by atoms with van der Waals surface area (Å²) in [5, 5.41) is 18.4. The van der Waals surface area contributed by atoms with E-state index in [1.807, 2.05) is 30.3 Å². The molecular formula is C12H18O3. The minimum atomic E-state index is -0.513. The van der Waals surface area contributed by atoms with Crippen LogP contribution >= 0.6 is 0 Å². The van der Waals surface area contributed by atoms with E-state index in [1.165, 1.54) is 0 Å². The van der Waals surface area contributed by atoms with Crippen molar-refractivity contribution >= 4 is 0 Å². The molecule has 0 aliphatic rings. The zero-order valence-corrected chi connectivity index (χ0v) is 8.97. The molecule has 0 radical (unpaired) electrons. The molecule has 0 aromatic heterocycles. The van der Waals surface area contributed by atoms with Gasteiger partial charge in [0.05, 0.1) is 25.4 Å². The molecule has 1 rings (SSSR count). The van der Waals surface area contributed by atoms with Crippen molar-refractivity contribution in [2.45, 2.75) is 25.6 Å². The smallest absolute Gasteiger partial charge is 0.0814 e. The fourth-order valence-corrected chi connectivity index (χ4v) is 1.27. The van der Waals surface area contributed by atoms with Crippen LogP contribution in [0, 0.1) is 0 Å². The van der Waals surface area contributed by atoms with Gasteiger partial charge in [0.25, 0.3) is 0 Å². The third-order valence-electron chi connectivity index (χ3n) is 2.14. The van der Waals surface area contributed by atoms with Gasteiger partial charge in [-0.3, -0.25) is 0 Å². The molecule has 1 aromatic rings. The van der Waals surface area contributed by atoms with Crippen molar-refractivity contribution in [3.8, 4) is 0 Å². The molecule has 0 spiro atoms. The van der Waals surface area contributed by atoms with Crippen molar-refractivity contribution in [3.63, 3.8) is 0 Å². The maximum atomic E-state index is 9.64. The Kier molecular flexibility index (Phi) is 5.32. The van der Waals surface area contributed by atoms with E-state index in [2.05, 4.69) is 0 Å². The highest BCUT2D eigenvalue weighted by molar-refractivity contribution is 5.15. The minimum Gasteiger partial charge on any atom is -0.394 e. The van der Waals surface area contributed by atoms with Gasteiger partial charge in [0.2, 0.25) is 0 Å². The lowest BCUT2D eigenvalue weighted by atomic mass is 10.1. The summed E-state index contributed by atoms with van der Waals surface area (Å²) in [5.74, 6) is 0. The van der Waals surface area contributed by atoms with Crippen molar-refractivity contribution in [1.29, 1.82) is 0 Å². The highest BCUT2D eigenvalue weighted by Gasteiger charge is 2.07. The van der Waals surface area contributed by atoms with Gasteiger partial charge in [0.1, 0.15) is 0 Å². The minimum absolute atomic E-state index is 0.0158. The molecule has 0 saturated carbocycles. The van der Waals surface area contributed by atoms with Gasteiger partial charge in [-0.1, -0.05) is 30.3 Å². The van der Waals surface area contributed by atoms with Crippen molar-refractivity contribution in [3.05, 3.63) is 35.9 Å². The summed E-state index contributed by atoms with van der Waals surface area (Å²) in [5.41, 5.74) is 1.09. The van der Waals surface area contributed by atoms with E-state index < -0.39 is 6.10 Å². The van der Waals surface area contributed by atoms with Crippen LogP contribution in [0.5, 0.6) is 0 Å². The second kappa shape index (κ2) is 6.56. The average molecular weight is 210 g/mol. The van der Waals surface area contributed by atoms with Crippen LogP contribution in [-0.2, 0) is 11.2 Å². The van der Waals surface area contributed by atoms with Crippen molar-refractivity contribution in [2.24, 2.45) is 0 Å². The molecule has 0 bridgehead atoms. The number of benzene rings is 1. The molecule has 0 saturated heterocycles. The third-order valence-corrected chi connectivity index (χ3v) is 2.14. The Hall–Kier alpha value is -0.900. The van der Waals surface area contributed by atoms with Crippen LogP contribution in [0.3, 0.4) is 0 Å². The summed E-state index contributed by atoms with van der Waals surface area (Å²) >= 11 is 0. The number of hydrogen-bond acceptors (Lipinski definition) is 3. The van der Waals surface area contributed by atoms with E-state index in [1.54, 1.807) is 6.92 Å². The molecule has 0 fully saturated rings. The first kappa shape index (κ1) is 12.2. The SMILES string of the molecule is CC(CO)OCC(O)Cc1ccccc1. The number of ether oxygens (including phenoxy) is 1. The van der Waals surface area contributed by atoms with E-state index >= 15 is 0 Å². The Labute approximate surface area is 90.3 Å². The summed E-state index contributed by atoms with van der Waals surface area (Å²) in [7, 11) is 0. The van der Waals surface area contributed by atoms with Gasteiger partial charge in [0.15, 0.2) is 0 Å². The molecule has 2 atom stereocenters. The number of hydrogen-bond donors (Lipinski definition) is 2. The maximum absolute atomic E-state index is 9.64. The molecule has 84 valence electrons. The van der Waals surface area contributed by atoms with Crippen LogP contribution in [0.25, 0.3) is 0 Å². The van der Waals surface area contributed by atoms with E-state index in [9.17, 15) is 5.11 Å². The van der Waals surface area contributed by atoms with Gasteiger partial charge < -0.3 is 14.9 Å². The highest BCUT2D eigenvalue weighted by Crippen LogP contribution is 2.04. The van der Waals surface area contributed by atoms with E-state index in [0.29, 0.717) is 6.42 Å². The van der Waals surface area contributed by atoms with Crippen LogP contribution in [0.4, 0.5) is 0 Å². The van der Waals surface area contributed by atoms with E-state index in [4.69, 9.17) is 9.84 Å². The molecule has 15 heavy (non-hydrogen) atoms. The molecule has 0 heterocycles. The lowest BCUT2D eigenvalue weighted by Crippen LogP contribution is -2.23. The predicted molar refractivity (Wildman–Crippen MR) is 58.7 cm³/mol. The Bertz CT molecular complexity index is 261. The first-order chi connectivity index (χ1) is 7.22. The molecule has 2 unspecified atom stereocenters. The fourth-order valence-electron chi connectivity index (χ4n) is 1.27. The number of rotatable bonds is 6. The van der Waals surface area contributed by atoms with Gasteiger partial charge in [0, 0.05) is 6.42 Å². The molecule has 2 N–H and O–H groups in total. The van der Waals surface area contributed by atoms with Gasteiger partial charge in [-0.2, -0.15) is 0 Å². The van der Waals surface area contributed by atoms with Gasteiger partial charge >= 0.3 is 0 Å². The quantitative estimate of drug-likeness (QED) is 0.736. The van der Waals surface area contributed by atoms with Crippen LogP contribution in [0.1, 0.15) is 12.5 Å². The standard InChI is InChI=1S/C12H18O3/c1-10(8-13)15-9-12(14)7-11-5-3-2-4-6-11/h2-6,10,12-14H,7-9H2,1H3.